The first-order valence-corrected chi connectivity index (χ1v) is 13.4. The summed E-state index contributed by atoms with van der Waals surface area (Å²) in [5.41, 5.74) is -1.08. The molecule has 9 heteroatoms. The molecule has 0 aliphatic carbocycles. The van der Waals surface area contributed by atoms with E-state index in [1.54, 1.807) is 4.90 Å². The highest BCUT2D eigenvalue weighted by atomic mass is 79.9. The quantitative estimate of drug-likeness (QED) is 0.354. The first kappa shape index (κ1) is 26.4. The molecule has 0 saturated carbocycles. The van der Waals surface area contributed by atoms with Crippen LogP contribution in [0.2, 0.25) is 0 Å². The van der Waals surface area contributed by atoms with Crippen LogP contribution >= 0.6 is 15.9 Å². The van der Waals surface area contributed by atoms with E-state index in [9.17, 15) is 19.5 Å². The number of hydrogen-bond donors (Lipinski definition) is 3. The van der Waals surface area contributed by atoms with Gasteiger partial charge in [-0.1, -0.05) is 56.5 Å². The van der Waals surface area contributed by atoms with Crippen LogP contribution in [0.5, 0.6) is 0 Å². The van der Waals surface area contributed by atoms with Crippen molar-refractivity contribution < 1.29 is 24.2 Å². The largest absolute Gasteiger partial charge is 0.394 e. The number of fused-ring (bicyclic) bond motifs is 1. The van der Waals surface area contributed by atoms with E-state index in [-0.39, 0.29) is 41.1 Å². The molecule has 188 valence electrons. The lowest BCUT2D eigenvalue weighted by Crippen LogP contribution is -2.60. The Morgan fingerprint density at radius 2 is 1.94 bits per heavy atom. The summed E-state index contributed by atoms with van der Waals surface area (Å²) in [6.07, 6.45) is 3.30. The number of nitrogens with zero attached hydrogens (tertiary/aromatic N) is 1. The number of likely N-dealkylation sites (tertiary alicyclic amines) is 1. The van der Waals surface area contributed by atoms with Gasteiger partial charge in [-0.3, -0.25) is 14.4 Å². The Bertz CT molecular complexity index is 752. The average molecular weight is 531 g/mol. The summed E-state index contributed by atoms with van der Waals surface area (Å²) in [5, 5.41) is 16.3. The van der Waals surface area contributed by atoms with E-state index in [1.807, 2.05) is 27.7 Å². The molecule has 3 aliphatic rings. The van der Waals surface area contributed by atoms with Crippen LogP contribution < -0.4 is 10.6 Å². The number of ether oxygens (including phenoxy) is 1. The third-order valence-electron chi connectivity index (χ3n) is 7.78. The van der Waals surface area contributed by atoms with E-state index in [2.05, 4.69) is 33.5 Å². The maximum Gasteiger partial charge on any atom is 0.246 e. The molecule has 3 saturated heterocycles. The lowest BCUT2D eigenvalue weighted by atomic mass is 9.70. The second-order valence-electron chi connectivity index (χ2n) is 10.0. The van der Waals surface area contributed by atoms with Gasteiger partial charge in [0.15, 0.2) is 0 Å². The molecule has 3 N–H and O–H groups in total. The second kappa shape index (κ2) is 10.6. The third kappa shape index (κ3) is 4.45. The minimum atomic E-state index is -1.08. The zero-order valence-electron chi connectivity index (χ0n) is 20.5. The Labute approximate surface area is 205 Å². The van der Waals surface area contributed by atoms with Crippen LogP contribution in [0, 0.1) is 17.8 Å². The number of hydrogen-bond acceptors (Lipinski definition) is 5. The zero-order chi connectivity index (χ0) is 24.5. The van der Waals surface area contributed by atoms with E-state index >= 15 is 0 Å². The van der Waals surface area contributed by atoms with Gasteiger partial charge in [0.2, 0.25) is 17.7 Å². The Morgan fingerprint density at radius 3 is 2.52 bits per heavy atom. The van der Waals surface area contributed by atoms with Gasteiger partial charge in [-0.15, -0.1) is 0 Å². The van der Waals surface area contributed by atoms with E-state index in [0.717, 1.165) is 25.7 Å². The van der Waals surface area contributed by atoms with Crippen molar-refractivity contribution in [3.63, 3.8) is 0 Å². The van der Waals surface area contributed by atoms with Gasteiger partial charge in [0.25, 0.3) is 0 Å². The lowest BCUT2D eigenvalue weighted by molar-refractivity contribution is -0.147. The van der Waals surface area contributed by atoms with Crippen LogP contribution in [0.15, 0.2) is 0 Å². The molecule has 3 amide bonds. The maximum atomic E-state index is 14.0. The number of halogens is 1. The topological polar surface area (TPSA) is 108 Å². The molecule has 0 aromatic heterocycles. The van der Waals surface area contributed by atoms with E-state index < -0.39 is 35.6 Å². The van der Waals surface area contributed by atoms with Gasteiger partial charge in [0, 0.05) is 17.4 Å². The standard InChI is InChI=1S/C24H40BrN3O5/c1-6-9-14(5)27-22(31)20-24-11-15(25)19(33-24)17(21(30)26-10-7-2)18(24)23(32)28(20)16(12-29)13(4)8-3/h13-20,29H,6-12H2,1-5H3,(H,26,30)(H,27,31)/t13-,14?,15?,16-,17+,18-,19+,20?,24?/m0/s1. The maximum absolute atomic E-state index is 14.0. The summed E-state index contributed by atoms with van der Waals surface area (Å²) in [7, 11) is 0. The van der Waals surface area contributed by atoms with Crippen molar-refractivity contribution in [3.05, 3.63) is 0 Å². The number of rotatable bonds is 11. The van der Waals surface area contributed by atoms with Gasteiger partial charge in [0.05, 0.1) is 30.6 Å². The van der Waals surface area contributed by atoms with Gasteiger partial charge < -0.3 is 25.4 Å². The zero-order valence-corrected chi connectivity index (χ0v) is 22.1. The number of amides is 3. The van der Waals surface area contributed by atoms with E-state index in [1.165, 1.54) is 0 Å². The van der Waals surface area contributed by atoms with Crippen molar-refractivity contribution in [2.75, 3.05) is 13.2 Å². The normalized spacial score (nSPS) is 35.3. The fraction of sp³-hybridized carbons (Fsp3) is 0.875. The number of aliphatic hydroxyl groups is 1. The van der Waals surface area contributed by atoms with Gasteiger partial charge in [-0.2, -0.15) is 0 Å². The Balaban J connectivity index is 2.05. The summed E-state index contributed by atoms with van der Waals surface area (Å²) in [6.45, 7) is 10.3. The molecular formula is C24H40BrN3O5. The second-order valence-corrected chi connectivity index (χ2v) is 11.2. The third-order valence-corrected chi connectivity index (χ3v) is 8.63. The van der Waals surface area contributed by atoms with Crippen LogP contribution in [0.1, 0.15) is 66.7 Å². The molecule has 4 unspecified atom stereocenters. The number of aliphatic hydroxyl groups excluding tert-OH is 1. The van der Waals surface area contributed by atoms with Crippen molar-refractivity contribution in [1.82, 2.24) is 15.5 Å². The number of carbonyl (C=O) groups excluding carboxylic acids is 3. The van der Waals surface area contributed by atoms with Crippen molar-refractivity contribution in [2.24, 2.45) is 17.8 Å². The summed E-state index contributed by atoms with van der Waals surface area (Å²) in [4.78, 5) is 42.3. The predicted octanol–water partition coefficient (Wildman–Crippen LogP) is 1.97. The van der Waals surface area contributed by atoms with Crippen molar-refractivity contribution in [2.45, 2.75) is 101 Å². The molecule has 0 radical (unpaired) electrons. The minimum Gasteiger partial charge on any atom is -0.394 e. The number of carbonyl (C=O) groups is 3. The van der Waals surface area contributed by atoms with Crippen molar-refractivity contribution in [3.8, 4) is 0 Å². The molecule has 3 fully saturated rings. The van der Waals surface area contributed by atoms with Gasteiger partial charge in [0.1, 0.15) is 11.6 Å². The molecule has 3 heterocycles. The average Bonchev–Trinajstić information content (AvgIpc) is 3.36. The summed E-state index contributed by atoms with van der Waals surface area (Å²) >= 11 is 3.68. The van der Waals surface area contributed by atoms with Crippen molar-refractivity contribution in [1.29, 1.82) is 0 Å². The molecule has 9 atom stereocenters. The molecule has 33 heavy (non-hydrogen) atoms. The fourth-order valence-electron chi connectivity index (χ4n) is 6.03. The van der Waals surface area contributed by atoms with Crippen molar-refractivity contribution >= 4 is 33.7 Å². The molecule has 1 spiro atoms. The van der Waals surface area contributed by atoms with Crippen LogP contribution in [-0.4, -0.2) is 75.5 Å². The minimum absolute atomic E-state index is 0.0122. The first-order chi connectivity index (χ1) is 15.7. The molecule has 0 aromatic rings. The van der Waals surface area contributed by atoms with E-state index in [4.69, 9.17) is 4.74 Å². The molecular weight excluding hydrogens is 490 g/mol. The highest BCUT2D eigenvalue weighted by Crippen LogP contribution is 2.60. The van der Waals surface area contributed by atoms with E-state index in [0.29, 0.717) is 13.0 Å². The van der Waals surface area contributed by atoms with Crippen LogP contribution in [0.4, 0.5) is 0 Å². The van der Waals surface area contributed by atoms with Crippen LogP contribution in [-0.2, 0) is 19.1 Å². The first-order valence-electron chi connectivity index (χ1n) is 12.5. The van der Waals surface area contributed by atoms with Gasteiger partial charge >= 0.3 is 0 Å². The van der Waals surface area contributed by atoms with Crippen LogP contribution in [0.25, 0.3) is 0 Å². The van der Waals surface area contributed by atoms with Crippen LogP contribution in [0.3, 0.4) is 0 Å². The number of nitrogens with one attached hydrogen (secondary N) is 2. The Morgan fingerprint density at radius 1 is 1.24 bits per heavy atom. The molecule has 0 aromatic carbocycles. The molecule has 8 nitrogen and oxygen atoms in total. The highest BCUT2D eigenvalue weighted by molar-refractivity contribution is 9.09. The summed E-state index contributed by atoms with van der Waals surface area (Å²) in [5.74, 6) is -2.12. The fourth-order valence-corrected chi connectivity index (χ4v) is 6.97. The summed E-state index contributed by atoms with van der Waals surface area (Å²) < 4.78 is 6.48. The Kier molecular flexibility index (Phi) is 8.49. The highest BCUT2D eigenvalue weighted by Gasteiger charge is 2.77. The predicted molar refractivity (Wildman–Crippen MR) is 129 cm³/mol. The lowest BCUT2D eigenvalue weighted by Gasteiger charge is -2.39. The SMILES string of the molecule is CCCNC(=O)[C@H]1[C@@H]2OC3(CC2Br)C(C(=O)NC(C)CCC)N([C@@H](CO)[C@@H](C)CC)C(=O)[C@H]13. The molecule has 2 bridgehead atoms. The van der Waals surface area contributed by atoms with Gasteiger partial charge in [-0.25, -0.2) is 0 Å². The smallest absolute Gasteiger partial charge is 0.246 e. The van der Waals surface area contributed by atoms with Gasteiger partial charge in [-0.05, 0) is 32.1 Å². The molecule has 3 aliphatic heterocycles. The molecule has 3 rings (SSSR count). The number of alkyl halides is 1. The monoisotopic (exact) mass is 529 g/mol. The summed E-state index contributed by atoms with van der Waals surface area (Å²) in [6, 6.07) is -1.45. The Hall–Kier alpha value is -1.19.